The van der Waals surface area contributed by atoms with E-state index in [-0.39, 0.29) is 12.4 Å². The summed E-state index contributed by atoms with van der Waals surface area (Å²) in [7, 11) is 0. The lowest BCUT2D eigenvalue weighted by atomic mass is 10.2. The van der Waals surface area contributed by atoms with Crippen molar-refractivity contribution < 1.29 is 4.39 Å². The first-order valence-corrected chi connectivity index (χ1v) is 3.98. The summed E-state index contributed by atoms with van der Waals surface area (Å²) in [5.41, 5.74) is 8.41. The van der Waals surface area contributed by atoms with Gasteiger partial charge in [0, 0.05) is 14.9 Å². The molecule has 0 saturated carbocycles. The molecule has 0 aliphatic heterocycles. The minimum Gasteiger partial charge on any atom is -0.207 e. The van der Waals surface area contributed by atoms with Crippen LogP contribution in [-0.4, -0.2) is 0 Å². The summed E-state index contributed by atoms with van der Waals surface area (Å²) >= 11 is 3.15. The van der Waals surface area contributed by atoms with E-state index in [1.165, 1.54) is 6.07 Å². The number of halogens is 2. The molecule has 0 saturated heterocycles. The van der Waals surface area contributed by atoms with Crippen molar-refractivity contribution in [1.82, 2.24) is 0 Å². The second-order valence-electron chi connectivity index (χ2n) is 2.09. The Balaban J connectivity index is 3.03. The van der Waals surface area contributed by atoms with Crippen LogP contribution in [-0.2, 0) is 6.54 Å². The number of benzene rings is 1. The van der Waals surface area contributed by atoms with Gasteiger partial charge in [-0.1, -0.05) is 27.1 Å². The first-order valence-electron chi connectivity index (χ1n) is 3.19. The minimum atomic E-state index is -0.364. The van der Waals surface area contributed by atoms with Gasteiger partial charge in [0.15, 0.2) is 0 Å². The highest BCUT2D eigenvalue weighted by Gasteiger charge is 2.03. The third-order valence-electron chi connectivity index (χ3n) is 1.35. The van der Waals surface area contributed by atoms with Crippen molar-refractivity contribution in [3.63, 3.8) is 0 Å². The second-order valence-corrected chi connectivity index (χ2v) is 2.94. The number of hydrogen-bond acceptors (Lipinski definition) is 1. The molecule has 0 radical (unpaired) electrons. The average Bonchev–Trinajstić information content (AvgIpc) is 2.04. The van der Waals surface area contributed by atoms with E-state index in [0.29, 0.717) is 10.0 Å². The van der Waals surface area contributed by atoms with Crippen molar-refractivity contribution in [3.05, 3.63) is 44.5 Å². The molecule has 0 unspecified atom stereocenters. The predicted molar refractivity (Wildman–Crippen MR) is 47.0 cm³/mol. The summed E-state index contributed by atoms with van der Waals surface area (Å²) in [6, 6.07) is 4.61. The van der Waals surface area contributed by atoms with Gasteiger partial charge >= 0.3 is 0 Å². The number of rotatable bonds is 2. The maximum Gasteiger partial charge on any atom is 0.127 e. The summed E-state index contributed by atoms with van der Waals surface area (Å²) in [5.74, 6) is -0.364. The lowest BCUT2D eigenvalue weighted by Gasteiger charge is -2.00. The topological polar surface area (TPSA) is 48.8 Å². The molecule has 0 N–H and O–H groups in total. The molecule has 0 aliphatic carbocycles. The molecule has 12 heavy (non-hydrogen) atoms. The van der Waals surface area contributed by atoms with Crippen LogP contribution in [0.2, 0.25) is 0 Å². The van der Waals surface area contributed by atoms with E-state index in [1.807, 2.05) is 0 Å². The molecular weight excluding hydrogens is 225 g/mol. The molecule has 0 atom stereocenters. The van der Waals surface area contributed by atoms with Crippen LogP contribution in [0.4, 0.5) is 4.39 Å². The van der Waals surface area contributed by atoms with Gasteiger partial charge in [-0.2, -0.15) is 0 Å². The van der Waals surface area contributed by atoms with E-state index >= 15 is 0 Å². The Morgan fingerprint density at radius 3 is 2.92 bits per heavy atom. The van der Waals surface area contributed by atoms with Crippen molar-refractivity contribution in [2.75, 3.05) is 0 Å². The molecule has 0 fully saturated rings. The summed E-state index contributed by atoms with van der Waals surface area (Å²) in [6.45, 7) is 0.0315. The molecule has 0 aromatic heterocycles. The molecule has 1 aromatic rings. The van der Waals surface area contributed by atoms with Crippen LogP contribution in [0.3, 0.4) is 0 Å². The Bertz CT molecular complexity index is 313. The van der Waals surface area contributed by atoms with Gasteiger partial charge in [0.1, 0.15) is 5.82 Å². The van der Waals surface area contributed by atoms with E-state index in [1.54, 1.807) is 12.1 Å². The van der Waals surface area contributed by atoms with Gasteiger partial charge < -0.3 is 0 Å². The fraction of sp³-hybridized carbons (Fsp3) is 0.143. The first kappa shape index (κ1) is 9.03. The molecule has 1 aromatic carbocycles. The third kappa shape index (κ3) is 1.96. The molecule has 62 valence electrons. The molecular formula is C7H5BrFN3. The van der Waals surface area contributed by atoms with E-state index in [9.17, 15) is 4.39 Å². The fourth-order valence-corrected chi connectivity index (χ4v) is 1.25. The smallest absolute Gasteiger partial charge is 0.127 e. The maximum absolute atomic E-state index is 13.0. The minimum absolute atomic E-state index is 0.0315. The van der Waals surface area contributed by atoms with Gasteiger partial charge in [0.25, 0.3) is 0 Å². The number of hydrogen-bond donors (Lipinski definition) is 0. The maximum atomic E-state index is 13.0. The Morgan fingerprint density at radius 1 is 1.58 bits per heavy atom. The van der Waals surface area contributed by atoms with Crippen molar-refractivity contribution in [3.8, 4) is 0 Å². The van der Waals surface area contributed by atoms with Gasteiger partial charge in [0.05, 0.1) is 6.54 Å². The fourth-order valence-electron chi connectivity index (χ4n) is 0.786. The molecule has 1 rings (SSSR count). The van der Waals surface area contributed by atoms with Crippen molar-refractivity contribution >= 4 is 15.9 Å². The van der Waals surface area contributed by atoms with Crippen LogP contribution in [0.1, 0.15) is 5.56 Å². The van der Waals surface area contributed by atoms with Crippen LogP contribution in [0.15, 0.2) is 27.8 Å². The van der Waals surface area contributed by atoms with Crippen LogP contribution in [0, 0.1) is 5.82 Å². The van der Waals surface area contributed by atoms with E-state index in [4.69, 9.17) is 5.53 Å². The Morgan fingerprint density at radius 2 is 2.33 bits per heavy atom. The molecule has 5 heteroatoms. The SMILES string of the molecule is [N-]=[N+]=NCc1c(F)cccc1Br. The van der Waals surface area contributed by atoms with Crippen LogP contribution < -0.4 is 0 Å². The van der Waals surface area contributed by atoms with Gasteiger partial charge in [-0.15, -0.1) is 0 Å². The zero-order chi connectivity index (χ0) is 8.97. The monoisotopic (exact) mass is 229 g/mol. The standard InChI is InChI=1S/C7H5BrFN3/c8-6-2-1-3-7(9)5(6)4-11-12-10/h1-3H,4H2. The zero-order valence-corrected chi connectivity index (χ0v) is 7.62. The Hall–Kier alpha value is -1.06. The summed E-state index contributed by atoms with van der Waals surface area (Å²) in [4.78, 5) is 2.55. The Labute approximate surface area is 77.0 Å². The number of nitrogens with zero attached hydrogens (tertiary/aromatic N) is 3. The normalized spacial score (nSPS) is 9.17. The summed E-state index contributed by atoms with van der Waals surface area (Å²) < 4.78 is 13.6. The van der Waals surface area contributed by atoms with Gasteiger partial charge in [-0.05, 0) is 17.7 Å². The third-order valence-corrected chi connectivity index (χ3v) is 2.10. The van der Waals surface area contributed by atoms with Crippen molar-refractivity contribution in [2.45, 2.75) is 6.54 Å². The Kier molecular flexibility index (Phi) is 3.08. The highest BCUT2D eigenvalue weighted by molar-refractivity contribution is 9.10. The largest absolute Gasteiger partial charge is 0.207 e. The van der Waals surface area contributed by atoms with Crippen LogP contribution in [0.25, 0.3) is 10.4 Å². The number of azide groups is 1. The molecule has 3 nitrogen and oxygen atoms in total. The van der Waals surface area contributed by atoms with E-state index < -0.39 is 0 Å². The van der Waals surface area contributed by atoms with Crippen molar-refractivity contribution in [1.29, 1.82) is 0 Å². The highest BCUT2D eigenvalue weighted by Crippen LogP contribution is 2.20. The predicted octanol–water partition coefficient (Wildman–Crippen LogP) is 3.40. The van der Waals surface area contributed by atoms with Crippen LogP contribution >= 0.6 is 15.9 Å². The lowest BCUT2D eigenvalue weighted by molar-refractivity contribution is 0.609. The molecule has 0 heterocycles. The molecule has 0 spiro atoms. The quantitative estimate of drug-likeness (QED) is 0.424. The first-order chi connectivity index (χ1) is 5.75. The molecule has 0 aliphatic rings. The summed E-state index contributed by atoms with van der Waals surface area (Å²) in [6.07, 6.45) is 0. The van der Waals surface area contributed by atoms with E-state index in [2.05, 4.69) is 26.0 Å². The van der Waals surface area contributed by atoms with E-state index in [0.717, 1.165) is 0 Å². The average molecular weight is 230 g/mol. The molecule has 0 bridgehead atoms. The summed E-state index contributed by atoms with van der Waals surface area (Å²) in [5, 5.41) is 3.27. The lowest BCUT2D eigenvalue weighted by Crippen LogP contribution is -1.88. The van der Waals surface area contributed by atoms with Gasteiger partial charge in [-0.25, -0.2) is 4.39 Å². The highest BCUT2D eigenvalue weighted by atomic mass is 79.9. The van der Waals surface area contributed by atoms with Gasteiger partial charge in [-0.3, -0.25) is 0 Å². The molecule has 0 amide bonds. The van der Waals surface area contributed by atoms with Crippen LogP contribution in [0.5, 0.6) is 0 Å². The zero-order valence-electron chi connectivity index (χ0n) is 6.04. The van der Waals surface area contributed by atoms with Gasteiger partial charge in [0.2, 0.25) is 0 Å². The van der Waals surface area contributed by atoms with Crippen molar-refractivity contribution in [2.24, 2.45) is 5.11 Å². The second kappa shape index (κ2) is 4.09.